The Kier molecular flexibility index (Phi) is 10.0. The van der Waals surface area contributed by atoms with Gasteiger partial charge in [-0.3, -0.25) is 14.4 Å². The summed E-state index contributed by atoms with van der Waals surface area (Å²) < 4.78 is 0. The lowest BCUT2D eigenvalue weighted by Crippen LogP contribution is -2.44. The summed E-state index contributed by atoms with van der Waals surface area (Å²) in [5.74, 6) is -5.44. The lowest BCUT2D eigenvalue weighted by atomic mass is 10.1. The third-order valence-corrected chi connectivity index (χ3v) is 6.01. The predicted octanol–water partition coefficient (Wildman–Crippen LogP) is -0.382. The number of fused-ring (bicyclic) bond motifs is 1. The van der Waals surface area contributed by atoms with Crippen molar-refractivity contribution >= 4 is 58.3 Å². The molecule has 222 valence electrons. The Balaban J connectivity index is 1.57. The van der Waals surface area contributed by atoms with Crippen molar-refractivity contribution in [2.24, 2.45) is 0 Å². The van der Waals surface area contributed by atoms with Gasteiger partial charge in [0.25, 0.3) is 5.91 Å². The highest BCUT2D eigenvalue weighted by atomic mass is 16.4. The van der Waals surface area contributed by atoms with Gasteiger partial charge in [0.15, 0.2) is 17.0 Å². The van der Waals surface area contributed by atoms with E-state index in [0.29, 0.717) is 23.4 Å². The van der Waals surface area contributed by atoms with Crippen molar-refractivity contribution in [1.29, 1.82) is 0 Å². The SMILES string of the molecule is CN(Cc1cnc2nc(N)nc(N)c2n1)c1ccc(C(=O)N[C@@H](CCC(=O)N[C@@H](CCC(=O)O)C(=O)O)C(=O)O)cc1. The van der Waals surface area contributed by atoms with E-state index in [9.17, 15) is 29.1 Å². The molecule has 1 aromatic carbocycles. The molecule has 0 aliphatic carbocycles. The number of nitrogens with one attached hydrogen (secondary N) is 2. The molecule has 0 aliphatic heterocycles. The fourth-order valence-corrected chi connectivity index (χ4v) is 3.83. The summed E-state index contributed by atoms with van der Waals surface area (Å²) >= 11 is 0. The van der Waals surface area contributed by atoms with Crippen molar-refractivity contribution in [3.8, 4) is 0 Å². The number of nitrogens with zero attached hydrogens (tertiary/aromatic N) is 5. The van der Waals surface area contributed by atoms with Crippen LogP contribution >= 0.6 is 0 Å². The van der Waals surface area contributed by atoms with Gasteiger partial charge in [-0.15, -0.1) is 0 Å². The third-order valence-electron chi connectivity index (χ3n) is 6.01. The normalized spacial score (nSPS) is 12.2. The van der Waals surface area contributed by atoms with Crippen LogP contribution in [0.4, 0.5) is 17.5 Å². The number of nitrogens with two attached hydrogens (primary N) is 2. The molecule has 17 heteroatoms. The molecular formula is C25H29N9O8. The molecule has 0 saturated carbocycles. The maximum Gasteiger partial charge on any atom is 0.326 e. The minimum atomic E-state index is -1.44. The molecule has 0 bridgehead atoms. The molecule has 3 aromatic rings. The number of anilines is 3. The second-order valence-corrected chi connectivity index (χ2v) is 9.20. The van der Waals surface area contributed by atoms with E-state index in [-0.39, 0.29) is 35.8 Å². The Bertz CT molecular complexity index is 1500. The van der Waals surface area contributed by atoms with E-state index < -0.39 is 54.6 Å². The van der Waals surface area contributed by atoms with Gasteiger partial charge in [-0.2, -0.15) is 9.97 Å². The maximum atomic E-state index is 12.7. The molecule has 9 N–H and O–H groups in total. The number of aromatic nitrogens is 4. The van der Waals surface area contributed by atoms with Gasteiger partial charge < -0.3 is 42.3 Å². The van der Waals surface area contributed by atoms with Crippen LogP contribution in [-0.2, 0) is 25.7 Å². The summed E-state index contributed by atoms with van der Waals surface area (Å²) in [7, 11) is 1.78. The largest absolute Gasteiger partial charge is 0.481 e. The Morgan fingerprint density at radius 2 is 1.50 bits per heavy atom. The summed E-state index contributed by atoms with van der Waals surface area (Å²) in [6.07, 6.45) is -0.0293. The molecule has 2 heterocycles. The van der Waals surface area contributed by atoms with E-state index in [1.54, 1.807) is 19.2 Å². The number of rotatable bonds is 14. The van der Waals surface area contributed by atoms with Crippen molar-refractivity contribution in [3.63, 3.8) is 0 Å². The first kappa shape index (κ1) is 30.9. The molecule has 0 radical (unpaired) electrons. The first-order valence-electron chi connectivity index (χ1n) is 12.5. The number of aliphatic carboxylic acids is 3. The minimum Gasteiger partial charge on any atom is -0.481 e. The summed E-state index contributed by atoms with van der Waals surface area (Å²) in [4.78, 5) is 76.8. The summed E-state index contributed by atoms with van der Waals surface area (Å²) in [6.45, 7) is 0.320. The van der Waals surface area contributed by atoms with Gasteiger partial charge in [0.1, 0.15) is 12.1 Å². The van der Waals surface area contributed by atoms with Gasteiger partial charge in [0.2, 0.25) is 11.9 Å². The zero-order valence-corrected chi connectivity index (χ0v) is 22.4. The maximum absolute atomic E-state index is 12.7. The second-order valence-electron chi connectivity index (χ2n) is 9.20. The van der Waals surface area contributed by atoms with Crippen molar-refractivity contribution in [2.75, 3.05) is 23.4 Å². The number of carboxylic acids is 3. The standard InChI is InChI=1S/C25H29N9O8/c1-34(11-13-10-28-21-19(29-13)20(26)32-25(27)33-21)14-4-2-12(3-5-14)22(38)31-16(24(41)42)6-8-17(35)30-15(23(39)40)7-9-18(36)37/h2-5,10,15-16H,6-9,11H2,1H3,(H,30,35)(H,31,38)(H,36,37)(H,39,40)(H,41,42)(H4,26,27,28,32,33)/t15-,16-/m0/s1. The van der Waals surface area contributed by atoms with Gasteiger partial charge in [-0.05, 0) is 37.1 Å². The third kappa shape index (κ3) is 8.44. The van der Waals surface area contributed by atoms with E-state index in [2.05, 4.69) is 30.6 Å². The molecule has 0 spiro atoms. The number of carbonyl (C=O) groups excluding carboxylic acids is 2. The van der Waals surface area contributed by atoms with Crippen LogP contribution in [0.5, 0.6) is 0 Å². The van der Waals surface area contributed by atoms with Crippen molar-refractivity contribution in [3.05, 3.63) is 41.7 Å². The van der Waals surface area contributed by atoms with Crippen molar-refractivity contribution in [1.82, 2.24) is 30.6 Å². The number of nitrogen functional groups attached to an aromatic ring is 2. The van der Waals surface area contributed by atoms with Crippen LogP contribution in [0.15, 0.2) is 30.5 Å². The summed E-state index contributed by atoms with van der Waals surface area (Å²) in [5.41, 5.74) is 13.5. The number of benzene rings is 1. The van der Waals surface area contributed by atoms with Crippen LogP contribution in [0.3, 0.4) is 0 Å². The second kappa shape index (κ2) is 13.6. The Morgan fingerprint density at radius 3 is 2.12 bits per heavy atom. The average molecular weight is 584 g/mol. The molecule has 3 rings (SSSR count). The number of amides is 2. The Labute approximate surface area is 238 Å². The van der Waals surface area contributed by atoms with E-state index >= 15 is 0 Å². The first-order chi connectivity index (χ1) is 19.8. The fourth-order valence-electron chi connectivity index (χ4n) is 3.83. The molecule has 0 saturated heterocycles. The number of hydrogen-bond acceptors (Lipinski definition) is 12. The summed E-state index contributed by atoms with van der Waals surface area (Å²) in [5, 5.41) is 31.9. The van der Waals surface area contributed by atoms with E-state index in [0.717, 1.165) is 0 Å². The molecule has 2 aromatic heterocycles. The molecule has 42 heavy (non-hydrogen) atoms. The van der Waals surface area contributed by atoms with Crippen LogP contribution in [0, 0.1) is 0 Å². The molecular weight excluding hydrogens is 554 g/mol. The molecule has 0 aliphatic rings. The first-order valence-corrected chi connectivity index (χ1v) is 12.5. The number of carboxylic acid groups (broad SMARTS) is 3. The van der Waals surface area contributed by atoms with Crippen molar-refractivity contribution in [2.45, 2.75) is 44.3 Å². The van der Waals surface area contributed by atoms with Gasteiger partial charge in [0, 0.05) is 31.1 Å². The molecule has 2 atom stereocenters. The average Bonchev–Trinajstić information content (AvgIpc) is 2.93. The number of hydrogen-bond donors (Lipinski definition) is 7. The Hall–Kier alpha value is -5.61. The zero-order valence-electron chi connectivity index (χ0n) is 22.4. The highest BCUT2D eigenvalue weighted by Crippen LogP contribution is 2.19. The van der Waals surface area contributed by atoms with Gasteiger partial charge >= 0.3 is 17.9 Å². The van der Waals surface area contributed by atoms with E-state index in [4.69, 9.17) is 21.7 Å². The molecule has 0 fully saturated rings. The Morgan fingerprint density at radius 1 is 0.881 bits per heavy atom. The van der Waals surface area contributed by atoms with Crippen LogP contribution in [0.1, 0.15) is 41.7 Å². The monoisotopic (exact) mass is 583 g/mol. The van der Waals surface area contributed by atoms with Crippen LogP contribution in [0.2, 0.25) is 0 Å². The predicted molar refractivity (Wildman–Crippen MR) is 147 cm³/mol. The van der Waals surface area contributed by atoms with E-state index in [1.807, 2.05) is 4.90 Å². The highest BCUT2D eigenvalue weighted by molar-refractivity contribution is 5.97. The van der Waals surface area contributed by atoms with Gasteiger partial charge in [-0.25, -0.2) is 19.6 Å². The lowest BCUT2D eigenvalue weighted by Gasteiger charge is -2.20. The van der Waals surface area contributed by atoms with Gasteiger partial charge in [-0.1, -0.05) is 0 Å². The fraction of sp³-hybridized carbons (Fsp3) is 0.320. The quantitative estimate of drug-likeness (QED) is 0.127. The number of carbonyl (C=O) groups is 5. The lowest BCUT2D eigenvalue weighted by molar-refractivity contribution is -0.143. The molecule has 0 unspecified atom stereocenters. The van der Waals surface area contributed by atoms with E-state index in [1.165, 1.54) is 18.3 Å². The zero-order chi connectivity index (χ0) is 31.0. The van der Waals surface area contributed by atoms with Crippen LogP contribution < -0.4 is 27.0 Å². The highest BCUT2D eigenvalue weighted by Gasteiger charge is 2.25. The smallest absolute Gasteiger partial charge is 0.326 e. The molecule has 17 nitrogen and oxygen atoms in total. The minimum absolute atomic E-state index is 0.0117. The van der Waals surface area contributed by atoms with Crippen LogP contribution in [0.25, 0.3) is 11.2 Å². The topological polar surface area (TPSA) is 277 Å². The molecule has 2 amide bonds. The summed E-state index contributed by atoms with van der Waals surface area (Å²) in [6, 6.07) is 3.40. The van der Waals surface area contributed by atoms with Gasteiger partial charge in [0.05, 0.1) is 18.4 Å². The van der Waals surface area contributed by atoms with Crippen molar-refractivity contribution < 1.29 is 39.3 Å². The van der Waals surface area contributed by atoms with Crippen LogP contribution in [-0.4, -0.2) is 84.1 Å².